The van der Waals surface area contributed by atoms with Crippen LogP contribution in [-0.2, 0) is 19.4 Å². The molecule has 0 aliphatic heterocycles. The van der Waals surface area contributed by atoms with E-state index in [2.05, 4.69) is 37.1 Å². The number of hydrogen-bond donors (Lipinski definition) is 1. The normalized spacial score (nSPS) is 15.3. The smallest absolute Gasteiger partial charge is 0.208 e. The van der Waals surface area contributed by atoms with Crippen LogP contribution in [0, 0.1) is 0 Å². The molecule has 1 aliphatic rings. The second kappa shape index (κ2) is 5.34. The topological polar surface area (TPSA) is 38.1 Å². The molecule has 0 amide bonds. The summed E-state index contributed by atoms with van der Waals surface area (Å²) in [6.07, 6.45) is 6.95. The van der Waals surface area contributed by atoms with Crippen molar-refractivity contribution in [3.05, 3.63) is 28.6 Å². The van der Waals surface area contributed by atoms with Gasteiger partial charge in [0.05, 0.1) is 17.6 Å². The van der Waals surface area contributed by atoms with E-state index in [4.69, 9.17) is 4.42 Å². The van der Waals surface area contributed by atoms with Crippen molar-refractivity contribution in [1.82, 2.24) is 10.3 Å². The molecular formula is C16H22N2OS. The lowest BCUT2D eigenvalue weighted by atomic mass is 9.99. The lowest BCUT2D eigenvalue weighted by Gasteiger charge is -2.18. The fourth-order valence-electron chi connectivity index (χ4n) is 2.46. The van der Waals surface area contributed by atoms with Crippen molar-refractivity contribution in [3.8, 4) is 10.6 Å². The molecule has 0 aromatic carbocycles. The summed E-state index contributed by atoms with van der Waals surface area (Å²) < 4.78 is 5.88. The molecule has 0 radical (unpaired) electrons. The minimum atomic E-state index is 0.0800. The van der Waals surface area contributed by atoms with Crippen molar-refractivity contribution >= 4 is 11.3 Å². The molecule has 108 valence electrons. The highest BCUT2D eigenvalue weighted by molar-refractivity contribution is 7.15. The van der Waals surface area contributed by atoms with Gasteiger partial charge in [-0.1, -0.05) is 0 Å². The molecule has 4 heteroatoms. The fourth-order valence-corrected chi connectivity index (χ4v) is 3.66. The van der Waals surface area contributed by atoms with Gasteiger partial charge in [-0.25, -0.2) is 4.98 Å². The zero-order valence-corrected chi connectivity index (χ0v) is 13.3. The van der Waals surface area contributed by atoms with Gasteiger partial charge in [0.25, 0.3) is 0 Å². The predicted molar refractivity (Wildman–Crippen MR) is 83.1 cm³/mol. The molecule has 0 saturated carbocycles. The van der Waals surface area contributed by atoms with Crippen LogP contribution in [-0.4, -0.2) is 10.5 Å². The summed E-state index contributed by atoms with van der Waals surface area (Å²) >= 11 is 1.87. The first kappa shape index (κ1) is 13.8. The van der Waals surface area contributed by atoms with E-state index in [1.165, 1.54) is 41.0 Å². The van der Waals surface area contributed by atoms with Crippen molar-refractivity contribution < 1.29 is 4.42 Å². The standard InChI is InChI=1S/C16H22N2OS/c1-16(2,3)18-10-15-17-9-12(19-15)14-8-11-6-4-5-7-13(11)20-14/h8-9,18H,4-7,10H2,1-3H3. The van der Waals surface area contributed by atoms with Crippen molar-refractivity contribution in [2.45, 2.75) is 58.5 Å². The molecule has 2 aromatic heterocycles. The Morgan fingerprint density at radius 3 is 2.85 bits per heavy atom. The van der Waals surface area contributed by atoms with E-state index >= 15 is 0 Å². The van der Waals surface area contributed by atoms with Gasteiger partial charge in [-0.2, -0.15) is 0 Å². The predicted octanol–water partition coefficient (Wildman–Crippen LogP) is 4.17. The number of rotatable bonds is 3. The summed E-state index contributed by atoms with van der Waals surface area (Å²) in [6, 6.07) is 2.29. The van der Waals surface area contributed by atoms with E-state index < -0.39 is 0 Å². The third-order valence-electron chi connectivity index (χ3n) is 3.56. The van der Waals surface area contributed by atoms with E-state index in [-0.39, 0.29) is 5.54 Å². The van der Waals surface area contributed by atoms with Gasteiger partial charge in [-0.15, -0.1) is 11.3 Å². The molecule has 0 atom stereocenters. The minimum absolute atomic E-state index is 0.0800. The molecule has 0 bridgehead atoms. The monoisotopic (exact) mass is 290 g/mol. The first-order valence-electron chi connectivity index (χ1n) is 7.33. The summed E-state index contributed by atoms with van der Waals surface area (Å²) in [7, 11) is 0. The second-order valence-corrected chi connectivity index (χ2v) is 7.62. The van der Waals surface area contributed by atoms with Gasteiger partial charge in [0, 0.05) is 10.4 Å². The molecule has 0 fully saturated rings. The minimum Gasteiger partial charge on any atom is -0.438 e. The SMILES string of the molecule is CC(C)(C)NCc1ncc(-c2cc3c(s2)CCCC3)o1. The van der Waals surface area contributed by atoms with Crippen LogP contribution in [0.1, 0.15) is 49.9 Å². The first-order valence-corrected chi connectivity index (χ1v) is 8.15. The third kappa shape index (κ3) is 3.13. The molecule has 3 nitrogen and oxygen atoms in total. The van der Waals surface area contributed by atoms with Crippen LogP contribution in [0.2, 0.25) is 0 Å². The summed E-state index contributed by atoms with van der Waals surface area (Å²) in [5, 5.41) is 3.40. The summed E-state index contributed by atoms with van der Waals surface area (Å²) in [6.45, 7) is 7.10. The second-order valence-electron chi connectivity index (χ2n) is 6.49. The molecule has 0 unspecified atom stereocenters. The summed E-state index contributed by atoms with van der Waals surface area (Å²) in [5.41, 5.74) is 1.60. The molecule has 2 aromatic rings. The van der Waals surface area contributed by atoms with E-state index in [0.29, 0.717) is 6.54 Å². The van der Waals surface area contributed by atoms with Gasteiger partial charge >= 0.3 is 0 Å². The van der Waals surface area contributed by atoms with Crippen LogP contribution >= 0.6 is 11.3 Å². The van der Waals surface area contributed by atoms with E-state index in [0.717, 1.165) is 11.7 Å². The maximum absolute atomic E-state index is 5.88. The molecule has 20 heavy (non-hydrogen) atoms. The number of aryl methyl sites for hydroxylation is 2. The number of fused-ring (bicyclic) bond motifs is 1. The van der Waals surface area contributed by atoms with E-state index in [1.54, 1.807) is 0 Å². The molecule has 0 saturated heterocycles. The number of thiophene rings is 1. The molecule has 1 N–H and O–H groups in total. The number of nitrogens with one attached hydrogen (secondary N) is 1. The molecular weight excluding hydrogens is 268 g/mol. The average molecular weight is 290 g/mol. The zero-order valence-electron chi connectivity index (χ0n) is 12.5. The number of nitrogens with zero attached hydrogens (tertiary/aromatic N) is 1. The van der Waals surface area contributed by atoms with Gasteiger partial charge in [0.15, 0.2) is 5.76 Å². The Morgan fingerprint density at radius 2 is 2.10 bits per heavy atom. The third-order valence-corrected chi connectivity index (χ3v) is 4.81. The van der Waals surface area contributed by atoms with Gasteiger partial charge in [-0.3, -0.25) is 0 Å². The Bertz CT molecular complexity index is 568. The highest BCUT2D eigenvalue weighted by Gasteiger charge is 2.17. The van der Waals surface area contributed by atoms with Crippen LogP contribution in [0.3, 0.4) is 0 Å². The lowest BCUT2D eigenvalue weighted by molar-refractivity contribution is 0.384. The number of hydrogen-bond acceptors (Lipinski definition) is 4. The quantitative estimate of drug-likeness (QED) is 0.922. The molecule has 3 rings (SSSR count). The first-order chi connectivity index (χ1) is 9.51. The molecule has 1 aliphatic carbocycles. The largest absolute Gasteiger partial charge is 0.438 e. The summed E-state index contributed by atoms with van der Waals surface area (Å²) in [4.78, 5) is 7.15. The van der Waals surface area contributed by atoms with E-state index in [9.17, 15) is 0 Å². The van der Waals surface area contributed by atoms with Crippen molar-refractivity contribution in [3.63, 3.8) is 0 Å². The Labute approximate surface area is 124 Å². The molecule has 0 spiro atoms. The Hall–Kier alpha value is -1.13. The Balaban J connectivity index is 1.74. The lowest BCUT2D eigenvalue weighted by Crippen LogP contribution is -2.35. The van der Waals surface area contributed by atoms with E-state index in [1.807, 2.05) is 17.5 Å². The van der Waals surface area contributed by atoms with Gasteiger partial charge in [-0.05, 0) is 58.1 Å². The van der Waals surface area contributed by atoms with Crippen LogP contribution in [0.15, 0.2) is 16.7 Å². The van der Waals surface area contributed by atoms with Crippen molar-refractivity contribution in [2.24, 2.45) is 0 Å². The van der Waals surface area contributed by atoms with Crippen LogP contribution in [0.5, 0.6) is 0 Å². The highest BCUT2D eigenvalue weighted by Crippen LogP contribution is 2.35. The van der Waals surface area contributed by atoms with Crippen LogP contribution in [0.25, 0.3) is 10.6 Å². The van der Waals surface area contributed by atoms with Gasteiger partial charge < -0.3 is 9.73 Å². The zero-order chi connectivity index (χ0) is 14.2. The average Bonchev–Trinajstić information content (AvgIpc) is 3.01. The van der Waals surface area contributed by atoms with Crippen LogP contribution in [0.4, 0.5) is 0 Å². The summed E-state index contributed by atoms with van der Waals surface area (Å²) in [5.74, 6) is 1.68. The van der Waals surface area contributed by atoms with Gasteiger partial charge in [0.1, 0.15) is 0 Å². The van der Waals surface area contributed by atoms with Gasteiger partial charge in [0.2, 0.25) is 5.89 Å². The Kier molecular flexibility index (Phi) is 3.69. The maximum Gasteiger partial charge on any atom is 0.208 e. The maximum atomic E-state index is 5.88. The van der Waals surface area contributed by atoms with Crippen molar-refractivity contribution in [1.29, 1.82) is 0 Å². The number of aromatic nitrogens is 1. The fraction of sp³-hybridized carbons (Fsp3) is 0.562. The molecule has 2 heterocycles. The number of oxazole rings is 1. The van der Waals surface area contributed by atoms with Crippen LogP contribution < -0.4 is 5.32 Å². The Morgan fingerprint density at radius 1 is 1.30 bits per heavy atom. The highest BCUT2D eigenvalue weighted by atomic mass is 32.1. The van der Waals surface area contributed by atoms with Crippen molar-refractivity contribution in [2.75, 3.05) is 0 Å².